The molecular formula is C13H21FN2O2. The van der Waals surface area contributed by atoms with Gasteiger partial charge in [-0.15, -0.1) is 0 Å². The molecule has 0 aromatic carbocycles. The van der Waals surface area contributed by atoms with E-state index < -0.39 is 5.82 Å². The summed E-state index contributed by atoms with van der Waals surface area (Å²) in [5.74, 6) is 0.174. The van der Waals surface area contributed by atoms with Gasteiger partial charge in [0.25, 0.3) is 5.88 Å². The van der Waals surface area contributed by atoms with Crippen molar-refractivity contribution in [3.63, 3.8) is 0 Å². The van der Waals surface area contributed by atoms with Gasteiger partial charge in [0.2, 0.25) is 0 Å². The Labute approximate surface area is 108 Å². The molecule has 0 amide bonds. The number of hydrogen-bond acceptors (Lipinski definition) is 4. The van der Waals surface area contributed by atoms with Gasteiger partial charge in [-0.05, 0) is 18.5 Å². The van der Waals surface area contributed by atoms with Crippen molar-refractivity contribution in [2.24, 2.45) is 5.92 Å². The molecule has 0 fully saturated rings. The second kappa shape index (κ2) is 8.00. The highest BCUT2D eigenvalue weighted by Gasteiger charge is 2.10. The van der Waals surface area contributed by atoms with Crippen molar-refractivity contribution >= 4 is 0 Å². The van der Waals surface area contributed by atoms with Crippen LogP contribution in [-0.2, 0) is 11.3 Å². The van der Waals surface area contributed by atoms with Gasteiger partial charge in [-0.1, -0.05) is 13.8 Å². The second-order valence-electron chi connectivity index (χ2n) is 4.46. The Morgan fingerprint density at radius 2 is 2.17 bits per heavy atom. The van der Waals surface area contributed by atoms with E-state index in [-0.39, 0.29) is 5.88 Å². The Balaban J connectivity index is 2.55. The molecule has 102 valence electrons. The van der Waals surface area contributed by atoms with Gasteiger partial charge in [0.15, 0.2) is 5.82 Å². The van der Waals surface area contributed by atoms with Gasteiger partial charge in [0, 0.05) is 25.4 Å². The Kier molecular flexibility index (Phi) is 6.60. The van der Waals surface area contributed by atoms with Crippen molar-refractivity contribution in [3.05, 3.63) is 23.6 Å². The fourth-order valence-corrected chi connectivity index (χ4v) is 1.42. The molecular weight excluding hydrogens is 235 g/mol. The van der Waals surface area contributed by atoms with E-state index >= 15 is 0 Å². The summed E-state index contributed by atoms with van der Waals surface area (Å²) in [6, 6.07) is 1.66. The van der Waals surface area contributed by atoms with E-state index in [0.29, 0.717) is 31.2 Å². The lowest BCUT2D eigenvalue weighted by Crippen LogP contribution is -2.20. The van der Waals surface area contributed by atoms with Crippen molar-refractivity contribution < 1.29 is 13.9 Å². The van der Waals surface area contributed by atoms with E-state index in [0.717, 1.165) is 6.54 Å². The molecule has 0 spiro atoms. The first-order valence-electron chi connectivity index (χ1n) is 6.11. The molecule has 0 saturated carbocycles. The van der Waals surface area contributed by atoms with Crippen molar-refractivity contribution in [1.82, 2.24) is 10.3 Å². The van der Waals surface area contributed by atoms with Gasteiger partial charge in [-0.3, -0.25) is 0 Å². The first-order valence-corrected chi connectivity index (χ1v) is 6.11. The maximum Gasteiger partial charge on any atom is 0.250 e. The van der Waals surface area contributed by atoms with Crippen LogP contribution in [0, 0.1) is 11.7 Å². The van der Waals surface area contributed by atoms with Crippen molar-refractivity contribution in [2.45, 2.75) is 20.4 Å². The van der Waals surface area contributed by atoms with Crippen LogP contribution in [0.25, 0.3) is 0 Å². The Hall–Kier alpha value is -1.20. The van der Waals surface area contributed by atoms with Gasteiger partial charge in [-0.2, -0.15) is 0 Å². The smallest absolute Gasteiger partial charge is 0.250 e. The fraction of sp³-hybridized carbons (Fsp3) is 0.615. The zero-order chi connectivity index (χ0) is 13.4. The minimum Gasteiger partial charge on any atom is -0.473 e. The molecule has 0 atom stereocenters. The molecule has 0 radical (unpaired) electrons. The van der Waals surface area contributed by atoms with Crippen molar-refractivity contribution in [2.75, 3.05) is 26.9 Å². The zero-order valence-corrected chi connectivity index (χ0v) is 11.2. The highest BCUT2D eigenvalue weighted by atomic mass is 19.1. The van der Waals surface area contributed by atoms with Crippen LogP contribution in [0.4, 0.5) is 4.39 Å². The number of nitrogens with zero attached hydrogens (tertiary/aromatic N) is 1. The van der Waals surface area contributed by atoms with Crippen LogP contribution in [0.15, 0.2) is 12.3 Å². The molecule has 0 saturated heterocycles. The minimum absolute atomic E-state index is 0.0379. The van der Waals surface area contributed by atoms with Crippen LogP contribution in [0.3, 0.4) is 0 Å². The van der Waals surface area contributed by atoms with Crippen molar-refractivity contribution in [3.8, 4) is 5.88 Å². The minimum atomic E-state index is -0.398. The van der Waals surface area contributed by atoms with E-state index in [1.165, 1.54) is 0 Å². The molecule has 4 nitrogen and oxygen atoms in total. The van der Waals surface area contributed by atoms with Gasteiger partial charge in [0.05, 0.1) is 6.61 Å². The van der Waals surface area contributed by atoms with Gasteiger partial charge in [0.1, 0.15) is 6.61 Å². The Morgan fingerprint density at radius 3 is 2.83 bits per heavy atom. The van der Waals surface area contributed by atoms with E-state index in [1.54, 1.807) is 19.4 Å². The van der Waals surface area contributed by atoms with E-state index in [9.17, 15) is 4.39 Å². The number of methoxy groups -OCH3 is 1. The summed E-state index contributed by atoms with van der Waals surface area (Å²) in [6.07, 6.45) is 1.55. The van der Waals surface area contributed by atoms with Gasteiger partial charge < -0.3 is 14.8 Å². The summed E-state index contributed by atoms with van der Waals surface area (Å²) in [7, 11) is 1.57. The topological polar surface area (TPSA) is 43.4 Å². The molecule has 5 heteroatoms. The Morgan fingerprint density at radius 1 is 1.39 bits per heavy atom. The molecule has 1 N–H and O–H groups in total. The summed E-state index contributed by atoms with van der Waals surface area (Å²) >= 11 is 0. The average molecular weight is 256 g/mol. The lowest BCUT2D eigenvalue weighted by atomic mass is 10.2. The normalized spacial score (nSPS) is 10.9. The van der Waals surface area contributed by atoms with E-state index in [4.69, 9.17) is 9.47 Å². The van der Waals surface area contributed by atoms with Crippen LogP contribution in [0.2, 0.25) is 0 Å². The van der Waals surface area contributed by atoms with Crippen LogP contribution >= 0.6 is 0 Å². The summed E-state index contributed by atoms with van der Waals surface area (Å²) < 4.78 is 24.0. The number of nitrogens with one attached hydrogen (secondary N) is 1. The zero-order valence-electron chi connectivity index (χ0n) is 11.2. The van der Waals surface area contributed by atoms with E-state index in [1.807, 2.05) is 0 Å². The molecule has 1 aromatic heterocycles. The maximum atomic E-state index is 14.0. The third-order valence-corrected chi connectivity index (χ3v) is 2.33. The average Bonchev–Trinajstić information content (AvgIpc) is 2.33. The molecule has 1 heterocycles. The molecule has 0 bridgehead atoms. The lowest BCUT2D eigenvalue weighted by molar-refractivity contribution is 0.140. The van der Waals surface area contributed by atoms with Crippen LogP contribution < -0.4 is 10.1 Å². The van der Waals surface area contributed by atoms with Gasteiger partial charge in [-0.25, -0.2) is 9.37 Å². The number of aromatic nitrogens is 1. The second-order valence-corrected chi connectivity index (χ2v) is 4.46. The predicted molar refractivity (Wildman–Crippen MR) is 68.1 cm³/mol. The van der Waals surface area contributed by atoms with E-state index in [2.05, 4.69) is 24.1 Å². The lowest BCUT2D eigenvalue weighted by Gasteiger charge is -2.10. The highest BCUT2D eigenvalue weighted by Crippen LogP contribution is 2.17. The van der Waals surface area contributed by atoms with Crippen LogP contribution in [-0.4, -0.2) is 31.9 Å². The first-order chi connectivity index (χ1) is 8.65. The molecule has 0 aliphatic heterocycles. The van der Waals surface area contributed by atoms with Crippen molar-refractivity contribution in [1.29, 1.82) is 0 Å². The predicted octanol–water partition coefficient (Wildman–Crippen LogP) is 1.99. The highest BCUT2D eigenvalue weighted by molar-refractivity contribution is 5.23. The summed E-state index contributed by atoms with van der Waals surface area (Å²) in [5.41, 5.74) is 0.568. The fourth-order valence-electron chi connectivity index (χ4n) is 1.42. The first kappa shape index (κ1) is 14.9. The SMILES string of the molecule is COCCOc1nccc(CNCC(C)C)c1F. The number of rotatable bonds is 8. The number of ether oxygens (including phenoxy) is 2. The number of hydrogen-bond donors (Lipinski definition) is 1. The molecule has 1 rings (SSSR count). The third kappa shape index (κ3) is 4.98. The third-order valence-electron chi connectivity index (χ3n) is 2.33. The number of halogens is 1. The summed E-state index contributed by atoms with van der Waals surface area (Å²) in [6.45, 7) is 6.25. The summed E-state index contributed by atoms with van der Waals surface area (Å²) in [5, 5.41) is 3.19. The molecule has 1 aromatic rings. The molecule has 18 heavy (non-hydrogen) atoms. The largest absolute Gasteiger partial charge is 0.473 e. The Bertz CT molecular complexity index is 359. The maximum absolute atomic E-state index is 14.0. The quantitative estimate of drug-likeness (QED) is 0.722. The molecule has 0 unspecified atom stereocenters. The molecule has 0 aliphatic rings. The van der Waals surface area contributed by atoms with Crippen LogP contribution in [0.1, 0.15) is 19.4 Å². The standard InChI is InChI=1S/C13H21FN2O2/c1-10(2)8-15-9-11-4-5-16-13(12(11)14)18-7-6-17-3/h4-5,10,15H,6-9H2,1-3H3. The summed E-state index contributed by atoms with van der Waals surface area (Å²) in [4.78, 5) is 3.87. The van der Waals surface area contributed by atoms with Gasteiger partial charge >= 0.3 is 0 Å². The number of pyridine rings is 1. The monoisotopic (exact) mass is 256 g/mol. The molecule has 0 aliphatic carbocycles. The van der Waals surface area contributed by atoms with Crippen LogP contribution in [0.5, 0.6) is 5.88 Å².